The van der Waals surface area contributed by atoms with E-state index in [4.69, 9.17) is 4.74 Å². The molecule has 8 nitrogen and oxygen atoms in total. The fourth-order valence-electron chi connectivity index (χ4n) is 3.60. The van der Waals surface area contributed by atoms with E-state index >= 15 is 0 Å². The number of carbonyl (C=O) groups excluding carboxylic acids is 1. The van der Waals surface area contributed by atoms with Crippen LogP contribution in [0.2, 0.25) is 0 Å². The largest absolute Gasteiger partial charge is 0.373 e. The maximum Gasteiger partial charge on any atom is 0.257 e. The average Bonchev–Trinajstić information content (AvgIpc) is 3.26. The van der Waals surface area contributed by atoms with E-state index in [9.17, 15) is 4.79 Å². The number of hydrogen-bond acceptors (Lipinski definition) is 7. The maximum atomic E-state index is 12.6. The van der Waals surface area contributed by atoms with Crippen molar-refractivity contribution in [3.63, 3.8) is 0 Å². The van der Waals surface area contributed by atoms with E-state index in [0.717, 1.165) is 37.4 Å². The van der Waals surface area contributed by atoms with Gasteiger partial charge in [-0.05, 0) is 39.0 Å². The molecule has 9 heteroatoms. The number of hydrogen-bond donors (Lipinski definition) is 1. The standard InChI is InChI=1S/C19H24N6O2S/c1-4-25-17-6-5-14(7-16(17)22-23-25)18(26)21-19-20-15(11-28-19)10-24-8-12(2)27-13(3)9-24/h5-7,11-13H,4,8-10H2,1-3H3,(H,20,21,26). The lowest BCUT2D eigenvalue weighted by atomic mass is 10.2. The van der Waals surface area contributed by atoms with Crippen LogP contribution in [-0.4, -0.2) is 56.1 Å². The van der Waals surface area contributed by atoms with Gasteiger partial charge in [0.05, 0.1) is 23.4 Å². The fourth-order valence-corrected chi connectivity index (χ4v) is 4.29. The molecule has 3 aromatic rings. The molecule has 0 saturated carbocycles. The highest BCUT2D eigenvalue weighted by Crippen LogP contribution is 2.21. The van der Waals surface area contributed by atoms with Gasteiger partial charge in [0.25, 0.3) is 5.91 Å². The van der Waals surface area contributed by atoms with Gasteiger partial charge in [-0.25, -0.2) is 9.67 Å². The third kappa shape index (κ3) is 4.06. The number of amides is 1. The minimum absolute atomic E-state index is 0.192. The van der Waals surface area contributed by atoms with Gasteiger partial charge in [-0.2, -0.15) is 0 Å². The Morgan fingerprint density at radius 2 is 2.11 bits per heavy atom. The highest BCUT2D eigenvalue weighted by Gasteiger charge is 2.23. The minimum atomic E-state index is -0.192. The number of nitrogens with one attached hydrogen (secondary N) is 1. The molecular formula is C19H24N6O2S. The molecule has 1 N–H and O–H groups in total. The van der Waals surface area contributed by atoms with Crippen LogP contribution in [0.1, 0.15) is 36.8 Å². The molecule has 1 amide bonds. The van der Waals surface area contributed by atoms with Gasteiger partial charge in [0, 0.05) is 37.1 Å². The molecule has 1 aliphatic rings. The van der Waals surface area contributed by atoms with Crippen LogP contribution >= 0.6 is 11.3 Å². The number of morpholine rings is 1. The zero-order valence-corrected chi connectivity index (χ0v) is 17.1. The van der Waals surface area contributed by atoms with Gasteiger partial charge in [0.15, 0.2) is 5.13 Å². The third-order valence-corrected chi connectivity index (χ3v) is 5.54. The molecule has 0 spiro atoms. The summed E-state index contributed by atoms with van der Waals surface area (Å²) in [6, 6.07) is 5.43. The van der Waals surface area contributed by atoms with Gasteiger partial charge in [0.1, 0.15) is 5.52 Å². The summed E-state index contributed by atoms with van der Waals surface area (Å²) in [6.45, 7) is 9.47. The molecular weight excluding hydrogens is 376 g/mol. The number of anilines is 1. The number of aryl methyl sites for hydroxylation is 1. The first-order chi connectivity index (χ1) is 13.5. The first-order valence-corrected chi connectivity index (χ1v) is 10.4. The normalized spacial score (nSPS) is 20.5. The summed E-state index contributed by atoms with van der Waals surface area (Å²) in [4.78, 5) is 19.5. The van der Waals surface area contributed by atoms with Crippen molar-refractivity contribution in [3.05, 3.63) is 34.8 Å². The smallest absolute Gasteiger partial charge is 0.257 e. The zero-order chi connectivity index (χ0) is 19.7. The summed E-state index contributed by atoms with van der Waals surface area (Å²) in [7, 11) is 0. The molecule has 28 heavy (non-hydrogen) atoms. The highest BCUT2D eigenvalue weighted by atomic mass is 32.1. The lowest BCUT2D eigenvalue weighted by molar-refractivity contribution is -0.0707. The Morgan fingerprint density at radius 3 is 2.86 bits per heavy atom. The van der Waals surface area contributed by atoms with Gasteiger partial charge in [-0.1, -0.05) is 5.21 Å². The van der Waals surface area contributed by atoms with Crippen LogP contribution in [0.5, 0.6) is 0 Å². The summed E-state index contributed by atoms with van der Waals surface area (Å²) in [5, 5.41) is 13.7. The molecule has 2 unspecified atom stereocenters. The Bertz CT molecular complexity index is 974. The second-order valence-corrected chi connectivity index (χ2v) is 8.02. The molecule has 0 aliphatic carbocycles. The van der Waals surface area contributed by atoms with Crippen LogP contribution in [0.3, 0.4) is 0 Å². The van der Waals surface area contributed by atoms with Crippen LogP contribution in [0, 0.1) is 0 Å². The predicted octanol–water partition coefficient (Wildman–Crippen LogP) is 2.77. The minimum Gasteiger partial charge on any atom is -0.373 e. The molecule has 1 aliphatic heterocycles. The van der Waals surface area contributed by atoms with Crippen LogP contribution in [0.15, 0.2) is 23.6 Å². The summed E-state index contributed by atoms with van der Waals surface area (Å²) >= 11 is 1.44. The Kier molecular flexibility index (Phi) is 5.38. The SMILES string of the molecule is CCn1nnc2cc(C(=O)Nc3nc(CN4CC(C)OC(C)C4)cs3)ccc21. The van der Waals surface area contributed by atoms with Crippen molar-refractivity contribution >= 4 is 33.4 Å². The number of thiazole rings is 1. The van der Waals surface area contributed by atoms with Gasteiger partial charge < -0.3 is 4.74 Å². The van der Waals surface area contributed by atoms with Crippen molar-refractivity contribution in [3.8, 4) is 0 Å². The van der Waals surface area contributed by atoms with Crippen molar-refractivity contribution in [2.75, 3.05) is 18.4 Å². The van der Waals surface area contributed by atoms with E-state index < -0.39 is 0 Å². The van der Waals surface area contributed by atoms with E-state index in [1.54, 1.807) is 16.8 Å². The topological polar surface area (TPSA) is 85.2 Å². The van der Waals surface area contributed by atoms with Gasteiger partial charge in [-0.15, -0.1) is 16.4 Å². The first kappa shape index (κ1) is 19.0. The van der Waals surface area contributed by atoms with Gasteiger partial charge in [0.2, 0.25) is 0 Å². The number of rotatable bonds is 5. The second kappa shape index (κ2) is 7.94. The Hall–Kier alpha value is -2.36. The van der Waals surface area contributed by atoms with E-state index in [2.05, 4.69) is 39.4 Å². The number of benzene rings is 1. The van der Waals surface area contributed by atoms with Crippen LogP contribution < -0.4 is 5.32 Å². The molecule has 0 radical (unpaired) electrons. The second-order valence-electron chi connectivity index (χ2n) is 7.16. The lowest BCUT2D eigenvalue weighted by Crippen LogP contribution is -2.44. The number of fused-ring (bicyclic) bond motifs is 1. The average molecular weight is 401 g/mol. The number of nitrogens with zero attached hydrogens (tertiary/aromatic N) is 5. The van der Waals surface area contributed by atoms with Crippen LogP contribution in [0.25, 0.3) is 11.0 Å². The van der Waals surface area contributed by atoms with Crippen molar-refractivity contribution in [1.29, 1.82) is 0 Å². The number of ether oxygens (including phenoxy) is 1. The Balaban J connectivity index is 1.41. The molecule has 4 rings (SSSR count). The molecule has 1 aromatic carbocycles. The van der Waals surface area contributed by atoms with Crippen molar-refractivity contribution in [2.45, 2.75) is 46.1 Å². The molecule has 2 atom stereocenters. The van der Waals surface area contributed by atoms with Gasteiger partial charge in [-0.3, -0.25) is 15.0 Å². The molecule has 3 heterocycles. The fraction of sp³-hybridized carbons (Fsp3) is 0.474. The van der Waals surface area contributed by atoms with Crippen LogP contribution in [-0.2, 0) is 17.8 Å². The quantitative estimate of drug-likeness (QED) is 0.709. The zero-order valence-electron chi connectivity index (χ0n) is 16.3. The van der Waals surface area contributed by atoms with Crippen molar-refractivity contribution in [1.82, 2.24) is 24.9 Å². The summed E-state index contributed by atoms with van der Waals surface area (Å²) < 4.78 is 7.58. The van der Waals surface area contributed by atoms with E-state index in [-0.39, 0.29) is 18.1 Å². The Labute approximate surface area is 167 Å². The summed E-state index contributed by atoms with van der Waals surface area (Å²) in [5.41, 5.74) is 3.14. The predicted molar refractivity (Wildman–Crippen MR) is 109 cm³/mol. The maximum absolute atomic E-state index is 12.6. The monoisotopic (exact) mass is 400 g/mol. The number of carbonyl (C=O) groups is 1. The molecule has 1 saturated heterocycles. The molecule has 2 aromatic heterocycles. The molecule has 1 fully saturated rings. The molecule has 0 bridgehead atoms. The van der Waals surface area contributed by atoms with Crippen molar-refractivity contribution in [2.24, 2.45) is 0 Å². The summed E-state index contributed by atoms with van der Waals surface area (Å²) in [5.74, 6) is -0.192. The van der Waals surface area contributed by atoms with E-state index in [1.807, 2.05) is 18.4 Å². The molecule has 148 valence electrons. The van der Waals surface area contributed by atoms with Crippen LogP contribution in [0.4, 0.5) is 5.13 Å². The third-order valence-electron chi connectivity index (χ3n) is 4.73. The Morgan fingerprint density at radius 1 is 1.32 bits per heavy atom. The first-order valence-electron chi connectivity index (χ1n) is 9.48. The van der Waals surface area contributed by atoms with Crippen molar-refractivity contribution < 1.29 is 9.53 Å². The summed E-state index contributed by atoms with van der Waals surface area (Å²) in [6.07, 6.45) is 0.448. The van der Waals surface area contributed by atoms with Gasteiger partial charge >= 0.3 is 0 Å². The lowest BCUT2D eigenvalue weighted by Gasteiger charge is -2.34. The number of aromatic nitrogens is 4. The van der Waals surface area contributed by atoms with E-state index in [0.29, 0.717) is 16.2 Å². The highest BCUT2D eigenvalue weighted by molar-refractivity contribution is 7.14. The van der Waals surface area contributed by atoms with E-state index in [1.165, 1.54) is 11.3 Å².